The van der Waals surface area contributed by atoms with Gasteiger partial charge in [0.15, 0.2) is 6.23 Å². The molecule has 0 saturated heterocycles. The van der Waals surface area contributed by atoms with E-state index in [-0.39, 0.29) is 0 Å². The lowest BCUT2D eigenvalue weighted by Gasteiger charge is -2.35. The molecular formula is C15H17NO4. The lowest BCUT2D eigenvalue weighted by Crippen LogP contribution is -2.49. The second-order valence-electron chi connectivity index (χ2n) is 5.85. The van der Waals surface area contributed by atoms with E-state index in [1.807, 2.05) is 20.8 Å². The smallest absolute Gasteiger partial charge is 0.304 e. The van der Waals surface area contributed by atoms with Crippen LogP contribution in [0.25, 0.3) is 0 Å². The Bertz CT molecular complexity index is 551. The van der Waals surface area contributed by atoms with Gasteiger partial charge in [0.1, 0.15) is 0 Å². The Hall–Kier alpha value is -2.17. The second-order valence-corrected chi connectivity index (χ2v) is 5.85. The zero-order valence-corrected chi connectivity index (χ0v) is 12.0. The monoisotopic (exact) mass is 275 g/mol. The van der Waals surface area contributed by atoms with Gasteiger partial charge in [-0.3, -0.25) is 14.4 Å². The molecule has 0 aliphatic carbocycles. The van der Waals surface area contributed by atoms with Gasteiger partial charge in [-0.1, -0.05) is 32.9 Å². The number of benzene rings is 1. The van der Waals surface area contributed by atoms with Crippen molar-refractivity contribution in [1.29, 1.82) is 0 Å². The highest BCUT2D eigenvalue weighted by molar-refractivity contribution is 6.21. The van der Waals surface area contributed by atoms with Crippen LogP contribution < -0.4 is 0 Å². The van der Waals surface area contributed by atoms with E-state index in [4.69, 9.17) is 4.74 Å². The van der Waals surface area contributed by atoms with Gasteiger partial charge >= 0.3 is 5.97 Å². The van der Waals surface area contributed by atoms with Crippen LogP contribution >= 0.6 is 0 Å². The van der Waals surface area contributed by atoms with Crippen LogP contribution in [0.15, 0.2) is 24.3 Å². The molecule has 0 radical (unpaired) electrons. The number of carbonyl (C=O) groups is 3. The van der Waals surface area contributed by atoms with Gasteiger partial charge in [0.2, 0.25) is 0 Å². The number of hydrogen-bond acceptors (Lipinski definition) is 4. The summed E-state index contributed by atoms with van der Waals surface area (Å²) in [6, 6.07) is 6.60. The molecule has 2 amide bonds. The molecule has 5 nitrogen and oxygen atoms in total. The van der Waals surface area contributed by atoms with Crippen molar-refractivity contribution in [2.45, 2.75) is 33.9 Å². The molecule has 2 rings (SSSR count). The molecule has 1 aromatic carbocycles. The predicted octanol–water partition coefficient (Wildman–Crippen LogP) is 2.22. The lowest BCUT2D eigenvalue weighted by molar-refractivity contribution is -0.161. The Morgan fingerprint density at radius 3 is 1.90 bits per heavy atom. The van der Waals surface area contributed by atoms with Crippen molar-refractivity contribution in [3.8, 4) is 0 Å². The standard InChI is InChI=1S/C15H17NO4/c1-9(17)20-14(15(2,3)4)16-12(18)10-7-5-6-8-11(10)13(16)19/h5-8,14H,1-4H3. The minimum Gasteiger partial charge on any atom is -0.441 e. The first-order chi connectivity index (χ1) is 9.23. The number of nitrogens with zero attached hydrogens (tertiary/aromatic N) is 1. The number of ether oxygens (including phenoxy) is 1. The first-order valence-electron chi connectivity index (χ1n) is 6.37. The minimum absolute atomic E-state index is 0.346. The van der Waals surface area contributed by atoms with Gasteiger partial charge in [0.05, 0.1) is 11.1 Å². The Kier molecular flexibility index (Phi) is 3.38. The maximum atomic E-state index is 12.4. The quantitative estimate of drug-likeness (QED) is 0.613. The van der Waals surface area contributed by atoms with Crippen LogP contribution in [0.2, 0.25) is 0 Å². The van der Waals surface area contributed by atoms with Crippen LogP contribution in [0.5, 0.6) is 0 Å². The molecular weight excluding hydrogens is 258 g/mol. The molecule has 106 valence electrons. The summed E-state index contributed by atoms with van der Waals surface area (Å²) in [7, 11) is 0. The molecule has 0 spiro atoms. The third-order valence-corrected chi connectivity index (χ3v) is 3.08. The van der Waals surface area contributed by atoms with Gasteiger partial charge < -0.3 is 4.74 Å². The fraction of sp³-hybridized carbons (Fsp3) is 0.400. The van der Waals surface area contributed by atoms with E-state index in [1.165, 1.54) is 6.92 Å². The maximum Gasteiger partial charge on any atom is 0.304 e. The number of fused-ring (bicyclic) bond motifs is 1. The van der Waals surface area contributed by atoms with Crippen LogP contribution in [0.1, 0.15) is 48.4 Å². The molecule has 0 saturated carbocycles. The van der Waals surface area contributed by atoms with Gasteiger partial charge in [0, 0.05) is 12.3 Å². The zero-order valence-electron chi connectivity index (χ0n) is 12.0. The van der Waals surface area contributed by atoms with E-state index in [0.29, 0.717) is 11.1 Å². The summed E-state index contributed by atoms with van der Waals surface area (Å²) < 4.78 is 5.22. The van der Waals surface area contributed by atoms with Gasteiger partial charge in [-0.25, -0.2) is 4.90 Å². The van der Waals surface area contributed by atoms with Gasteiger partial charge in [-0.2, -0.15) is 0 Å². The highest BCUT2D eigenvalue weighted by atomic mass is 16.6. The van der Waals surface area contributed by atoms with Crippen molar-refractivity contribution < 1.29 is 19.1 Å². The Morgan fingerprint density at radius 2 is 1.55 bits per heavy atom. The number of carbonyl (C=O) groups excluding carboxylic acids is 3. The molecule has 1 heterocycles. The Morgan fingerprint density at radius 1 is 1.10 bits per heavy atom. The molecule has 0 bridgehead atoms. The van der Waals surface area contributed by atoms with E-state index in [9.17, 15) is 14.4 Å². The molecule has 1 aromatic rings. The van der Waals surface area contributed by atoms with Crippen LogP contribution in [-0.4, -0.2) is 28.9 Å². The topological polar surface area (TPSA) is 63.7 Å². The molecule has 20 heavy (non-hydrogen) atoms. The first-order valence-corrected chi connectivity index (χ1v) is 6.37. The van der Waals surface area contributed by atoms with Crippen molar-refractivity contribution in [1.82, 2.24) is 4.90 Å². The van der Waals surface area contributed by atoms with E-state index in [0.717, 1.165) is 4.90 Å². The summed E-state index contributed by atoms with van der Waals surface area (Å²) in [6.45, 7) is 6.69. The third kappa shape index (κ3) is 2.31. The van der Waals surface area contributed by atoms with E-state index < -0.39 is 29.4 Å². The van der Waals surface area contributed by atoms with Crippen LogP contribution in [0.4, 0.5) is 0 Å². The summed E-state index contributed by atoms with van der Waals surface area (Å²) >= 11 is 0. The van der Waals surface area contributed by atoms with Gasteiger partial charge in [0.25, 0.3) is 11.8 Å². The van der Waals surface area contributed by atoms with Crippen LogP contribution in [0.3, 0.4) is 0 Å². The van der Waals surface area contributed by atoms with E-state index >= 15 is 0 Å². The third-order valence-electron chi connectivity index (χ3n) is 3.08. The largest absolute Gasteiger partial charge is 0.441 e. The van der Waals surface area contributed by atoms with Crippen molar-refractivity contribution >= 4 is 17.8 Å². The first kappa shape index (κ1) is 14.2. The van der Waals surface area contributed by atoms with Crippen LogP contribution in [0, 0.1) is 5.41 Å². The number of rotatable bonds is 2. The average molecular weight is 275 g/mol. The van der Waals surface area contributed by atoms with Crippen molar-refractivity contribution in [3.05, 3.63) is 35.4 Å². The van der Waals surface area contributed by atoms with E-state index in [1.54, 1.807) is 24.3 Å². The highest BCUT2D eigenvalue weighted by Crippen LogP contribution is 2.32. The molecule has 0 aromatic heterocycles. The van der Waals surface area contributed by atoms with Crippen molar-refractivity contribution in [3.63, 3.8) is 0 Å². The van der Waals surface area contributed by atoms with E-state index in [2.05, 4.69) is 0 Å². The fourth-order valence-electron chi connectivity index (χ4n) is 2.19. The molecule has 1 atom stereocenters. The summed E-state index contributed by atoms with van der Waals surface area (Å²) in [4.78, 5) is 37.1. The second kappa shape index (κ2) is 4.74. The number of amides is 2. The zero-order chi connectivity index (χ0) is 15.1. The molecule has 0 N–H and O–H groups in total. The SMILES string of the molecule is CC(=O)OC(N1C(=O)c2ccccc2C1=O)C(C)(C)C. The highest BCUT2D eigenvalue weighted by Gasteiger charge is 2.45. The van der Waals surface area contributed by atoms with Crippen molar-refractivity contribution in [2.24, 2.45) is 5.41 Å². The maximum absolute atomic E-state index is 12.4. The van der Waals surface area contributed by atoms with Gasteiger partial charge in [-0.05, 0) is 12.1 Å². The number of esters is 1. The summed E-state index contributed by atoms with van der Waals surface area (Å²) in [5.74, 6) is -1.37. The summed E-state index contributed by atoms with van der Waals surface area (Å²) in [6.07, 6.45) is -0.924. The molecule has 1 aliphatic heterocycles. The normalized spacial score (nSPS) is 16.1. The number of hydrogen-bond donors (Lipinski definition) is 0. The van der Waals surface area contributed by atoms with Gasteiger partial charge in [-0.15, -0.1) is 0 Å². The minimum atomic E-state index is -0.924. The molecule has 1 aliphatic rings. The molecule has 0 fully saturated rings. The Labute approximate surface area is 117 Å². The fourth-order valence-corrected chi connectivity index (χ4v) is 2.19. The molecule has 5 heteroatoms. The average Bonchev–Trinajstić information content (AvgIpc) is 2.59. The molecule has 1 unspecified atom stereocenters. The number of imide groups is 1. The van der Waals surface area contributed by atoms with Crippen LogP contribution in [-0.2, 0) is 9.53 Å². The predicted molar refractivity (Wildman–Crippen MR) is 72.0 cm³/mol. The van der Waals surface area contributed by atoms with Crippen molar-refractivity contribution in [2.75, 3.05) is 0 Å². The summed E-state index contributed by atoms with van der Waals surface area (Å²) in [5, 5.41) is 0. The lowest BCUT2D eigenvalue weighted by atomic mass is 9.93. The summed E-state index contributed by atoms with van der Waals surface area (Å²) in [5.41, 5.74) is 0.122. The Balaban J connectivity index is 2.45.